The molecule has 38 valence electrons. The molecule has 7 heavy (non-hydrogen) atoms. The fourth-order valence-electron chi connectivity index (χ4n) is 0. The Kier molecular flexibility index (Phi) is 72.0. The number of carbonyl (C=O) groups is 2. The molecule has 0 aromatic carbocycles. The van der Waals surface area contributed by atoms with Crippen LogP contribution in [0.25, 0.3) is 0 Å². The predicted molar refractivity (Wildman–Crippen MR) is 23.1 cm³/mol. The number of carboxylic acid groups (broad SMARTS) is 2. The molecular formula is C2H4O4Sr. The van der Waals surface area contributed by atoms with Gasteiger partial charge in [0.1, 0.15) is 0 Å². The van der Waals surface area contributed by atoms with Crippen LogP contribution in [0.3, 0.4) is 0 Å². The van der Waals surface area contributed by atoms with Gasteiger partial charge in [-0.15, -0.1) is 0 Å². The first-order chi connectivity index (χ1) is 2.83. The first-order valence-corrected chi connectivity index (χ1v) is 0.988. The molecule has 0 saturated heterocycles. The summed E-state index contributed by atoms with van der Waals surface area (Å²) < 4.78 is 0. The van der Waals surface area contributed by atoms with Crippen molar-refractivity contribution in [1.82, 2.24) is 0 Å². The average Bonchev–Trinajstić information content (AvgIpc) is 1.39. The topological polar surface area (TPSA) is 74.6 Å². The van der Waals surface area contributed by atoms with Gasteiger partial charge in [-0.25, -0.2) is 0 Å². The normalized spacial score (nSPS) is 3.43. The van der Waals surface area contributed by atoms with Crippen molar-refractivity contribution in [2.24, 2.45) is 0 Å². The summed E-state index contributed by atoms with van der Waals surface area (Å²) in [5, 5.41) is 13.8. The first-order valence-electron chi connectivity index (χ1n) is 0.988. The molecule has 0 amide bonds. The maximum absolute atomic E-state index is 8.36. The third-order valence-electron chi connectivity index (χ3n) is 0. The van der Waals surface area contributed by atoms with Crippen LogP contribution in [0.2, 0.25) is 0 Å². The molecule has 4 nitrogen and oxygen atoms in total. The Bertz CT molecular complexity index is 30.7. The summed E-state index contributed by atoms with van der Waals surface area (Å²) in [5.74, 6) is 0. The minimum Gasteiger partial charge on any atom is -0.483 e. The molecule has 0 rings (SSSR count). The molecule has 0 aliphatic rings. The molecule has 0 spiro atoms. The van der Waals surface area contributed by atoms with Gasteiger partial charge in [0.25, 0.3) is 12.9 Å². The Morgan fingerprint density at radius 1 is 1.00 bits per heavy atom. The molecule has 0 aromatic heterocycles. The summed E-state index contributed by atoms with van der Waals surface area (Å²) in [6.45, 7) is -0.500. The monoisotopic (exact) mass is 180 g/mol. The number of hydrogen-bond acceptors (Lipinski definition) is 2. The van der Waals surface area contributed by atoms with E-state index in [2.05, 4.69) is 0 Å². The molecule has 0 aromatic rings. The van der Waals surface area contributed by atoms with E-state index in [1.54, 1.807) is 0 Å². The maximum Gasteiger partial charge on any atom is 0.290 e. The van der Waals surface area contributed by atoms with Crippen molar-refractivity contribution in [3.05, 3.63) is 0 Å². The fourth-order valence-corrected chi connectivity index (χ4v) is 0. The molecule has 0 heterocycles. The van der Waals surface area contributed by atoms with Gasteiger partial charge in [0.05, 0.1) is 0 Å². The van der Waals surface area contributed by atoms with Crippen LogP contribution in [-0.4, -0.2) is 68.6 Å². The van der Waals surface area contributed by atoms with Crippen molar-refractivity contribution < 1.29 is 19.8 Å². The van der Waals surface area contributed by atoms with Gasteiger partial charge >= 0.3 is 0 Å². The summed E-state index contributed by atoms with van der Waals surface area (Å²) in [5.41, 5.74) is 0. The predicted octanol–water partition coefficient (Wildman–Crippen LogP) is -0.979. The fraction of sp³-hybridized carbons (Fsp3) is 0. The molecule has 0 aliphatic carbocycles. The molecule has 0 unspecified atom stereocenters. The minimum absolute atomic E-state index is 0. The van der Waals surface area contributed by atoms with E-state index in [-0.39, 0.29) is 58.4 Å². The second kappa shape index (κ2) is 32.2. The molecule has 0 bridgehead atoms. The zero-order valence-corrected chi connectivity index (χ0v) is 7.05. The van der Waals surface area contributed by atoms with Crippen LogP contribution in [0.5, 0.6) is 0 Å². The van der Waals surface area contributed by atoms with Crippen LogP contribution in [0, 0.1) is 0 Å². The SMILES string of the molecule is O=CO.O=CO.[Sr]. The Labute approximate surface area is 77.4 Å². The molecule has 5 heteroatoms. The van der Waals surface area contributed by atoms with Crippen LogP contribution in [0.15, 0.2) is 0 Å². The summed E-state index contributed by atoms with van der Waals surface area (Å²) >= 11 is 0. The van der Waals surface area contributed by atoms with Crippen molar-refractivity contribution in [3.8, 4) is 0 Å². The molecule has 0 fully saturated rings. The van der Waals surface area contributed by atoms with Gasteiger partial charge in [-0.2, -0.15) is 0 Å². The maximum atomic E-state index is 8.36. The van der Waals surface area contributed by atoms with Crippen molar-refractivity contribution in [2.45, 2.75) is 0 Å². The zero-order valence-electron chi connectivity index (χ0n) is 3.57. The Morgan fingerprint density at radius 3 is 1.00 bits per heavy atom. The Hall–Kier alpha value is 0.421. The van der Waals surface area contributed by atoms with Crippen LogP contribution < -0.4 is 0 Å². The number of rotatable bonds is 0. The van der Waals surface area contributed by atoms with E-state index in [1.165, 1.54) is 0 Å². The summed E-state index contributed by atoms with van der Waals surface area (Å²) in [4.78, 5) is 16.7. The van der Waals surface area contributed by atoms with E-state index < -0.39 is 0 Å². The summed E-state index contributed by atoms with van der Waals surface area (Å²) in [6.07, 6.45) is 0. The summed E-state index contributed by atoms with van der Waals surface area (Å²) in [7, 11) is 0. The van der Waals surface area contributed by atoms with Crippen LogP contribution in [-0.2, 0) is 9.59 Å². The second-order valence-corrected chi connectivity index (χ2v) is 0.211. The van der Waals surface area contributed by atoms with E-state index in [0.29, 0.717) is 0 Å². The molecule has 0 aliphatic heterocycles. The Morgan fingerprint density at radius 2 is 1.00 bits per heavy atom. The van der Waals surface area contributed by atoms with Gasteiger partial charge in [0, 0.05) is 45.5 Å². The molecular weight excluding hydrogens is 176 g/mol. The quantitative estimate of drug-likeness (QED) is 0.370. The summed E-state index contributed by atoms with van der Waals surface area (Å²) in [6, 6.07) is 0. The van der Waals surface area contributed by atoms with E-state index >= 15 is 0 Å². The van der Waals surface area contributed by atoms with E-state index in [0.717, 1.165) is 0 Å². The van der Waals surface area contributed by atoms with Gasteiger partial charge in [-0.1, -0.05) is 0 Å². The molecule has 0 saturated carbocycles. The van der Waals surface area contributed by atoms with Crippen molar-refractivity contribution in [3.63, 3.8) is 0 Å². The molecule has 2 N–H and O–H groups in total. The van der Waals surface area contributed by atoms with Crippen LogP contribution >= 0.6 is 0 Å². The van der Waals surface area contributed by atoms with Crippen LogP contribution in [0.4, 0.5) is 0 Å². The zero-order chi connectivity index (χ0) is 5.41. The average molecular weight is 180 g/mol. The van der Waals surface area contributed by atoms with Gasteiger partial charge in [0.15, 0.2) is 0 Å². The third kappa shape index (κ3) is 709. The van der Waals surface area contributed by atoms with Crippen LogP contribution in [0.1, 0.15) is 0 Å². The third-order valence-corrected chi connectivity index (χ3v) is 0. The van der Waals surface area contributed by atoms with Gasteiger partial charge in [0.2, 0.25) is 0 Å². The van der Waals surface area contributed by atoms with E-state index in [9.17, 15) is 0 Å². The van der Waals surface area contributed by atoms with E-state index in [4.69, 9.17) is 19.8 Å². The smallest absolute Gasteiger partial charge is 0.290 e. The van der Waals surface area contributed by atoms with Crippen molar-refractivity contribution in [1.29, 1.82) is 0 Å². The number of hydrogen-bond donors (Lipinski definition) is 2. The van der Waals surface area contributed by atoms with Crippen molar-refractivity contribution >= 4 is 58.4 Å². The Balaban J connectivity index is -0.0000000400. The second-order valence-electron chi connectivity index (χ2n) is 0.211. The standard InChI is InChI=1S/2CH2O2.Sr/c2*2-1-3;/h2*1H,(H,2,3);. The van der Waals surface area contributed by atoms with Gasteiger partial charge in [-0.3, -0.25) is 9.59 Å². The van der Waals surface area contributed by atoms with Gasteiger partial charge < -0.3 is 10.2 Å². The van der Waals surface area contributed by atoms with Crippen molar-refractivity contribution in [2.75, 3.05) is 0 Å². The van der Waals surface area contributed by atoms with E-state index in [1.807, 2.05) is 0 Å². The molecule has 2 radical (unpaired) electrons. The largest absolute Gasteiger partial charge is 0.483 e. The molecule has 0 atom stereocenters. The minimum atomic E-state index is -0.250. The van der Waals surface area contributed by atoms with Gasteiger partial charge in [-0.05, 0) is 0 Å². The first kappa shape index (κ1) is 15.7.